The second-order valence-corrected chi connectivity index (χ2v) is 7.38. The predicted molar refractivity (Wildman–Crippen MR) is 106 cm³/mol. The third-order valence-corrected chi connectivity index (χ3v) is 5.36. The number of carbonyl (C=O) groups is 1. The van der Waals surface area contributed by atoms with E-state index in [1.54, 1.807) is 12.1 Å². The van der Waals surface area contributed by atoms with Crippen molar-refractivity contribution in [1.82, 2.24) is 9.97 Å². The molecule has 7 heteroatoms. The van der Waals surface area contributed by atoms with Crippen molar-refractivity contribution in [2.45, 2.75) is 26.7 Å². The molecule has 1 aliphatic rings. The summed E-state index contributed by atoms with van der Waals surface area (Å²) in [5, 5.41) is 4.52. The van der Waals surface area contributed by atoms with Gasteiger partial charge in [-0.05, 0) is 44.9 Å². The van der Waals surface area contributed by atoms with Crippen LogP contribution in [0.1, 0.15) is 24.2 Å². The molecule has 3 heterocycles. The van der Waals surface area contributed by atoms with Crippen LogP contribution in [-0.2, 0) is 4.79 Å². The van der Waals surface area contributed by atoms with Crippen molar-refractivity contribution < 1.29 is 9.21 Å². The molecule has 3 aromatic rings. The van der Waals surface area contributed by atoms with Crippen LogP contribution in [0.15, 0.2) is 35.0 Å². The van der Waals surface area contributed by atoms with E-state index < -0.39 is 0 Å². The Kier molecular flexibility index (Phi) is 4.74. The summed E-state index contributed by atoms with van der Waals surface area (Å²) in [6, 6.07) is 7.21. The second-order valence-electron chi connectivity index (χ2n) is 6.95. The maximum absolute atomic E-state index is 12.8. The molecule has 0 spiro atoms. The normalized spacial score (nSPS) is 17.3. The van der Waals surface area contributed by atoms with Crippen LogP contribution in [0, 0.1) is 19.8 Å². The highest BCUT2D eigenvalue weighted by Crippen LogP contribution is 2.32. The molecule has 1 aliphatic heterocycles. The summed E-state index contributed by atoms with van der Waals surface area (Å²) in [6.45, 7) is 5.42. The first-order valence-electron chi connectivity index (χ1n) is 9.05. The van der Waals surface area contributed by atoms with Gasteiger partial charge in [0.1, 0.15) is 17.9 Å². The second kappa shape index (κ2) is 7.19. The number of hydrogen-bond donors (Lipinski definition) is 1. The van der Waals surface area contributed by atoms with Crippen molar-refractivity contribution in [2.75, 3.05) is 23.3 Å². The monoisotopic (exact) mass is 384 g/mol. The minimum Gasteiger partial charge on any atom is -0.443 e. The number of halogens is 1. The summed E-state index contributed by atoms with van der Waals surface area (Å²) in [5.41, 5.74) is 2.36. The number of piperidine rings is 1. The van der Waals surface area contributed by atoms with Gasteiger partial charge in [-0.25, -0.2) is 9.97 Å². The van der Waals surface area contributed by atoms with Gasteiger partial charge in [-0.15, -0.1) is 0 Å². The molecule has 1 unspecified atom stereocenters. The van der Waals surface area contributed by atoms with E-state index in [4.69, 9.17) is 16.0 Å². The Morgan fingerprint density at radius 2 is 2.19 bits per heavy atom. The van der Waals surface area contributed by atoms with Gasteiger partial charge in [0.15, 0.2) is 0 Å². The molecule has 1 aromatic carbocycles. The average Bonchev–Trinajstić information content (AvgIpc) is 2.96. The van der Waals surface area contributed by atoms with Gasteiger partial charge in [-0.1, -0.05) is 17.7 Å². The van der Waals surface area contributed by atoms with Crippen molar-refractivity contribution in [3.05, 3.63) is 46.9 Å². The SMILES string of the molecule is Cc1oc2ncnc(N3CCCC(C(=O)Nc4cccc(Cl)c4)C3)c2c1C. The maximum atomic E-state index is 12.8. The van der Waals surface area contributed by atoms with Crippen molar-refractivity contribution in [3.8, 4) is 0 Å². The summed E-state index contributed by atoms with van der Waals surface area (Å²) in [4.78, 5) is 23.7. The number of aryl methyl sites for hydroxylation is 2. The van der Waals surface area contributed by atoms with E-state index in [0.717, 1.165) is 47.6 Å². The lowest BCUT2D eigenvalue weighted by molar-refractivity contribution is -0.120. The van der Waals surface area contributed by atoms with Crippen LogP contribution in [0.25, 0.3) is 11.1 Å². The molecule has 0 saturated carbocycles. The van der Waals surface area contributed by atoms with E-state index in [0.29, 0.717) is 17.3 Å². The molecule has 0 radical (unpaired) electrons. The highest BCUT2D eigenvalue weighted by molar-refractivity contribution is 6.30. The smallest absolute Gasteiger partial charge is 0.231 e. The zero-order valence-electron chi connectivity index (χ0n) is 15.3. The highest BCUT2D eigenvalue weighted by Gasteiger charge is 2.28. The van der Waals surface area contributed by atoms with Crippen LogP contribution in [0.5, 0.6) is 0 Å². The molecule has 4 rings (SSSR count). The fraction of sp³-hybridized carbons (Fsp3) is 0.350. The van der Waals surface area contributed by atoms with Gasteiger partial charge in [0, 0.05) is 29.4 Å². The van der Waals surface area contributed by atoms with Gasteiger partial charge >= 0.3 is 0 Å². The molecule has 1 saturated heterocycles. The molecule has 1 amide bonds. The lowest BCUT2D eigenvalue weighted by Gasteiger charge is -2.33. The first-order valence-corrected chi connectivity index (χ1v) is 9.43. The minimum atomic E-state index is -0.115. The summed E-state index contributed by atoms with van der Waals surface area (Å²) < 4.78 is 5.73. The zero-order chi connectivity index (χ0) is 19.0. The van der Waals surface area contributed by atoms with E-state index in [-0.39, 0.29) is 11.8 Å². The van der Waals surface area contributed by atoms with Crippen molar-refractivity contribution in [3.63, 3.8) is 0 Å². The van der Waals surface area contributed by atoms with Crippen molar-refractivity contribution in [1.29, 1.82) is 0 Å². The summed E-state index contributed by atoms with van der Waals surface area (Å²) in [6.07, 6.45) is 3.30. The number of nitrogens with one attached hydrogen (secondary N) is 1. The molecular formula is C20H21ClN4O2. The number of fused-ring (bicyclic) bond motifs is 1. The lowest BCUT2D eigenvalue weighted by Crippen LogP contribution is -2.41. The lowest BCUT2D eigenvalue weighted by atomic mass is 9.96. The minimum absolute atomic E-state index is 0.00682. The number of benzene rings is 1. The first-order chi connectivity index (χ1) is 13.0. The van der Waals surface area contributed by atoms with Gasteiger partial charge < -0.3 is 14.6 Å². The predicted octanol–water partition coefficient (Wildman–Crippen LogP) is 4.35. The summed E-state index contributed by atoms with van der Waals surface area (Å²) >= 11 is 6.01. The van der Waals surface area contributed by atoms with Gasteiger partial charge in [0.05, 0.1) is 11.3 Å². The third-order valence-electron chi connectivity index (χ3n) is 5.13. The number of nitrogens with zero attached hydrogens (tertiary/aromatic N) is 3. The van der Waals surface area contributed by atoms with Gasteiger partial charge in [0.2, 0.25) is 11.6 Å². The van der Waals surface area contributed by atoms with Gasteiger partial charge in [0.25, 0.3) is 0 Å². The number of aromatic nitrogens is 2. The Hall–Kier alpha value is -2.60. The third kappa shape index (κ3) is 3.49. The standard InChI is InChI=1S/C20H21ClN4O2/c1-12-13(2)27-20-17(12)18(22-11-23-20)25-8-4-5-14(10-25)19(26)24-16-7-3-6-15(21)9-16/h3,6-7,9,11,14H,4-5,8,10H2,1-2H3,(H,24,26). The summed E-state index contributed by atoms with van der Waals surface area (Å²) in [7, 11) is 0. The molecule has 140 valence electrons. The van der Waals surface area contributed by atoms with E-state index >= 15 is 0 Å². The highest BCUT2D eigenvalue weighted by atomic mass is 35.5. The molecule has 1 N–H and O–H groups in total. The van der Waals surface area contributed by atoms with Crippen LogP contribution in [0.3, 0.4) is 0 Å². The number of rotatable bonds is 3. The van der Waals surface area contributed by atoms with E-state index in [9.17, 15) is 4.79 Å². The Labute approximate surface area is 162 Å². The van der Waals surface area contributed by atoms with Crippen LogP contribution >= 0.6 is 11.6 Å². The molecule has 2 aromatic heterocycles. The Morgan fingerprint density at radius 3 is 3.00 bits per heavy atom. The first kappa shape index (κ1) is 17.8. The Morgan fingerprint density at radius 1 is 1.33 bits per heavy atom. The molecule has 1 fully saturated rings. The topological polar surface area (TPSA) is 71.3 Å². The number of furan rings is 1. The average molecular weight is 385 g/mol. The number of carbonyl (C=O) groups excluding carboxylic acids is 1. The number of hydrogen-bond acceptors (Lipinski definition) is 5. The quantitative estimate of drug-likeness (QED) is 0.726. The van der Waals surface area contributed by atoms with Gasteiger partial charge in [-0.3, -0.25) is 4.79 Å². The molecular weight excluding hydrogens is 364 g/mol. The number of amides is 1. The van der Waals surface area contributed by atoms with Crippen LogP contribution in [-0.4, -0.2) is 29.0 Å². The fourth-order valence-corrected chi connectivity index (χ4v) is 3.79. The van der Waals surface area contributed by atoms with Crippen LogP contribution in [0.2, 0.25) is 5.02 Å². The van der Waals surface area contributed by atoms with Crippen molar-refractivity contribution >= 4 is 40.1 Å². The van der Waals surface area contributed by atoms with Gasteiger partial charge in [-0.2, -0.15) is 0 Å². The molecule has 6 nitrogen and oxygen atoms in total. The summed E-state index contributed by atoms with van der Waals surface area (Å²) in [5.74, 6) is 1.58. The van der Waals surface area contributed by atoms with E-state index in [2.05, 4.69) is 20.2 Å². The largest absolute Gasteiger partial charge is 0.443 e. The van der Waals surface area contributed by atoms with E-state index in [1.807, 2.05) is 26.0 Å². The molecule has 0 aliphatic carbocycles. The number of anilines is 2. The van der Waals surface area contributed by atoms with Crippen LogP contribution < -0.4 is 10.2 Å². The molecule has 1 atom stereocenters. The Balaban J connectivity index is 1.56. The van der Waals surface area contributed by atoms with Crippen LogP contribution in [0.4, 0.5) is 11.5 Å². The molecule has 27 heavy (non-hydrogen) atoms. The zero-order valence-corrected chi connectivity index (χ0v) is 16.1. The molecule has 0 bridgehead atoms. The fourth-order valence-electron chi connectivity index (χ4n) is 3.60. The maximum Gasteiger partial charge on any atom is 0.231 e. The van der Waals surface area contributed by atoms with Crippen molar-refractivity contribution in [2.24, 2.45) is 5.92 Å². The Bertz CT molecular complexity index is 1000. The van der Waals surface area contributed by atoms with E-state index in [1.165, 1.54) is 6.33 Å².